The van der Waals surface area contributed by atoms with Crippen molar-refractivity contribution in [2.75, 3.05) is 18.0 Å². The summed E-state index contributed by atoms with van der Waals surface area (Å²) in [6.07, 6.45) is 5.54. The number of piperidine rings is 1. The molecule has 3 heterocycles. The fourth-order valence-corrected chi connectivity index (χ4v) is 2.93. The Labute approximate surface area is 113 Å². The van der Waals surface area contributed by atoms with E-state index < -0.39 is 0 Å². The Morgan fingerprint density at radius 1 is 1.42 bits per heavy atom. The lowest BCUT2D eigenvalue weighted by molar-refractivity contribution is 0.333. The number of nitrogens with zero attached hydrogens (tertiary/aromatic N) is 4. The minimum atomic E-state index is 0.371. The molecular formula is C14H21N5. The zero-order valence-corrected chi connectivity index (χ0v) is 11.4. The first kappa shape index (κ1) is 12.4. The largest absolute Gasteiger partial charge is 0.335 e. The molecule has 2 aromatic rings. The maximum Gasteiger partial charge on any atom is 0.245 e. The van der Waals surface area contributed by atoms with E-state index >= 15 is 0 Å². The van der Waals surface area contributed by atoms with Gasteiger partial charge >= 0.3 is 0 Å². The van der Waals surface area contributed by atoms with Gasteiger partial charge in [0.15, 0.2) is 5.65 Å². The lowest BCUT2D eigenvalue weighted by atomic mass is 9.89. The summed E-state index contributed by atoms with van der Waals surface area (Å²) in [5, 5.41) is 4.56. The first-order valence-corrected chi connectivity index (χ1v) is 7.10. The average Bonchev–Trinajstić information content (AvgIpc) is 2.90. The summed E-state index contributed by atoms with van der Waals surface area (Å²) in [5.41, 5.74) is 6.83. The monoisotopic (exact) mass is 259 g/mol. The Morgan fingerprint density at radius 2 is 2.32 bits per heavy atom. The molecule has 0 spiro atoms. The molecule has 5 heteroatoms. The Hall–Kier alpha value is -1.62. The summed E-state index contributed by atoms with van der Waals surface area (Å²) in [6, 6.07) is 6.30. The molecule has 2 atom stereocenters. The van der Waals surface area contributed by atoms with Crippen LogP contribution in [0.1, 0.15) is 26.2 Å². The highest BCUT2D eigenvalue weighted by Gasteiger charge is 2.29. The Kier molecular flexibility index (Phi) is 3.38. The fourth-order valence-electron chi connectivity index (χ4n) is 2.93. The first-order valence-electron chi connectivity index (χ1n) is 7.10. The van der Waals surface area contributed by atoms with Crippen molar-refractivity contribution in [3.63, 3.8) is 0 Å². The molecule has 0 aromatic carbocycles. The number of nitrogens with two attached hydrogens (primary N) is 1. The second-order valence-electron chi connectivity index (χ2n) is 5.30. The second-order valence-corrected chi connectivity index (χ2v) is 5.30. The quantitative estimate of drug-likeness (QED) is 0.911. The Morgan fingerprint density at radius 3 is 3.05 bits per heavy atom. The summed E-state index contributed by atoms with van der Waals surface area (Å²) in [4.78, 5) is 6.88. The van der Waals surface area contributed by atoms with Crippen LogP contribution in [0, 0.1) is 5.92 Å². The molecule has 5 nitrogen and oxygen atoms in total. The van der Waals surface area contributed by atoms with Crippen molar-refractivity contribution in [3.05, 3.63) is 24.4 Å². The van der Waals surface area contributed by atoms with Gasteiger partial charge in [0.1, 0.15) is 0 Å². The molecule has 0 amide bonds. The van der Waals surface area contributed by atoms with Gasteiger partial charge in [0, 0.05) is 25.3 Å². The average molecular weight is 259 g/mol. The molecule has 102 valence electrons. The molecule has 0 radical (unpaired) electrons. The third-order valence-corrected chi connectivity index (χ3v) is 4.16. The molecule has 0 aliphatic carbocycles. The zero-order chi connectivity index (χ0) is 13.2. The number of anilines is 1. The molecule has 2 unspecified atom stereocenters. The molecule has 1 aliphatic rings. The van der Waals surface area contributed by atoms with Gasteiger partial charge in [-0.15, -0.1) is 5.10 Å². The van der Waals surface area contributed by atoms with E-state index in [1.165, 1.54) is 12.8 Å². The van der Waals surface area contributed by atoms with Crippen LogP contribution in [0.15, 0.2) is 24.4 Å². The van der Waals surface area contributed by atoms with Crippen molar-refractivity contribution in [2.45, 2.75) is 32.2 Å². The van der Waals surface area contributed by atoms with E-state index in [2.05, 4.69) is 21.9 Å². The summed E-state index contributed by atoms with van der Waals surface area (Å²) in [5.74, 6) is 1.61. The topological polar surface area (TPSA) is 59.5 Å². The third kappa shape index (κ3) is 2.30. The lowest BCUT2D eigenvalue weighted by Crippen LogP contribution is -2.47. The van der Waals surface area contributed by atoms with E-state index in [9.17, 15) is 0 Å². The normalized spacial score (nSPS) is 24.0. The van der Waals surface area contributed by atoms with Crippen molar-refractivity contribution in [1.82, 2.24) is 14.6 Å². The molecule has 2 N–H and O–H groups in total. The first-order chi connectivity index (χ1) is 9.31. The number of pyridine rings is 1. The van der Waals surface area contributed by atoms with Gasteiger partial charge in [-0.05, 0) is 30.9 Å². The fraction of sp³-hybridized carbons (Fsp3) is 0.571. The number of hydrogen-bond donors (Lipinski definition) is 1. The number of rotatable bonds is 3. The Bertz CT molecular complexity index is 517. The van der Waals surface area contributed by atoms with Crippen LogP contribution >= 0.6 is 0 Å². The van der Waals surface area contributed by atoms with E-state index in [0.717, 1.165) is 30.5 Å². The summed E-state index contributed by atoms with van der Waals surface area (Å²) in [7, 11) is 0. The molecule has 1 saturated heterocycles. The molecule has 19 heavy (non-hydrogen) atoms. The van der Waals surface area contributed by atoms with E-state index in [1.54, 1.807) is 0 Å². The second kappa shape index (κ2) is 5.17. The summed E-state index contributed by atoms with van der Waals surface area (Å²) >= 11 is 0. The van der Waals surface area contributed by atoms with Gasteiger partial charge in [-0.1, -0.05) is 19.4 Å². The van der Waals surface area contributed by atoms with Crippen LogP contribution in [0.4, 0.5) is 5.95 Å². The van der Waals surface area contributed by atoms with Gasteiger partial charge in [-0.3, -0.25) is 0 Å². The number of hydrogen-bond acceptors (Lipinski definition) is 4. The van der Waals surface area contributed by atoms with Crippen molar-refractivity contribution >= 4 is 11.6 Å². The molecule has 1 aliphatic heterocycles. The maximum atomic E-state index is 5.94. The van der Waals surface area contributed by atoms with Crippen LogP contribution in [0.2, 0.25) is 0 Å². The minimum absolute atomic E-state index is 0.371. The molecule has 0 saturated carbocycles. The van der Waals surface area contributed by atoms with Crippen molar-refractivity contribution in [2.24, 2.45) is 11.7 Å². The van der Waals surface area contributed by atoms with Gasteiger partial charge in [0.2, 0.25) is 5.95 Å². The van der Waals surface area contributed by atoms with Crippen LogP contribution < -0.4 is 10.6 Å². The molecule has 3 rings (SSSR count). The van der Waals surface area contributed by atoms with E-state index in [1.807, 2.05) is 28.9 Å². The van der Waals surface area contributed by atoms with Crippen LogP contribution in [0.5, 0.6) is 0 Å². The predicted octanol–water partition coefficient (Wildman–Crippen LogP) is 1.68. The number of fused-ring (bicyclic) bond motifs is 1. The van der Waals surface area contributed by atoms with Crippen molar-refractivity contribution < 1.29 is 0 Å². The SMILES string of the molecule is CCC1CCN(c2nc3ccccn3n2)C(CN)C1. The van der Waals surface area contributed by atoms with Crippen LogP contribution in [0.3, 0.4) is 0 Å². The lowest BCUT2D eigenvalue weighted by Gasteiger charge is -2.38. The number of aromatic nitrogens is 3. The van der Waals surface area contributed by atoms with Gasteiger partial charge in [-0.25, -0.2) is 4.52 Å². The minimum Gasteiger partial charge on any atom is -0.335 e. The van der Waals surface area contributed by atoms with Crippen LogP contribution in [-0.4, -0.2) is 33.7 Å². The Balaban J connectivity index is 1.87. The zero-order valence-electron chi connectivity index (χ0n) is 11.4. The molecule has 2 aromatic heterocycles. The molecular weight excluding hydrogens is 238 g/mol. The highest BCUT2D eigenvalue weighted by atomic mass is 15.4. The highest BCUT2D eigenvalue weighted by molar-refractivity contribution is 5.45. The third-order valence-electron chi connectivity index (χ3n) is 4.16. The predicted molar refractivity (Wildman–Crippen MR) is 76.2 cm³/mol. The standard InChI is InChI=1S/C14H21N5/c1-2-11-6-8-18(12(9-11)10-15)14-16-13-5-3-4-7-19(13)17-14/h3-5,7,11-12H,2,6,8-10,15H2,1H3. The van der Waals surface area contributed by atoms with Gasteiger partial charge < -0.3 is 10.6 Å². The molecule has 0 bridgehead atoms. The van der Waals surface area contributed by atoms with Crippen molar-refractivity contribution in [1.29, 1.82) is 0 Å². The molecule has 1 fully saturated rings. The van der Waals surface area contributed by atoms with E-state index in [4.69, 9.17) is 5.73 Å². The van der Waals surface area contributed by atoms with Gasteiger partial charge in [0.05, 0.1) is 0 Å². The highest BCUT2D eigenvalue weighted by Crippen LogP contribution is 2.27. The van der Waals surface area contributed by atoms with Crippen LogP contribution in [0.25, 0.3) is 5.65 Å². The van der Waals surface area contributed by atoms with Gasteiger partial charge in [-0.2, -0.15) is 4.98 Å². The van der Waals surface area contributed by atoms with E-state index in [-0.39, 0.29) is 0 Å². The van der Waals surface area contributed by atoms with E-state index in [0.29, 0.717) is 12.6 Å². The maximum absolute atomic E-state index is 5.94. The van der Waals surface area contributed by atoms with Gasteiger partial charge in [0.25, 0.3) is 0 Å². The summed E-state index contributed by atoms with van der Waals surface area (Å²) in [6.45, 7) is 3.94. The summed E-state index contributed by atoms with van der Waals surface area (Å²) < 4.78 is 1.83. The smallest absolute Gasteiger partial charge is 0.245 e. The van der Waals surface area contributed by atoms with Crippen molar-refractivity contribution in [3.8, 4) is 0 Å². The van der Waals surface area contributed by atoms with Crippen LogP contribution in [-0.2, 0) is 0 Å².